The maximum atomic E-state index is 10.5. The molecule has 0 bridgehead atoms. The summed E-state index contributed by atoms with van der Waals surface area (Å²) in [7, 11) is 0. The lowest BCUT2D eigenvalue weighted by Gasteiger charge is -2.24. The van der Waals surface area contributed by atoms with Gasteiger partial charge in [0, 0.05) is 16.3 Å². The third kappa shape index (κ3) is 5.69. The molecule has 0 aliphatic rings. The zero-order valence-corrected chi connectivity index (χ0v) is 19.6. The Morgan fingerprint density at radius 2 is 1.73 bits per heavy atom. The van der Waals surface area contributed by atoms with Crippen LogP contribution in [-0.4, -0.2) is 21.8 Å². The first-order valence-electron chi connectivity index (χ1n) is 11.1. The molecule has 0 aliphatic heterocycles. The number of aromatic nitrogens is 1. The molecule has 168 valence electrons. The van der Waals surface area contributed by atoms with Crippen LogP contribution in [0.15, 0.2) is 78.9 Å². The van der Waals surface area contributed by atoms with Gasteiger partial charge in [-0.3, -0.25) is 0 Å². The molecular formula is C29H28ClNO2. The molecule has 0 amide bonds. The lowest BCUT2D eigenvalue weighted by Crippen LogP contribution is -2.19. The summed E-state index contributed by atoms with van der Waals surface area (Å²) in [5.41, 5.74) is 4.82. The first kappa shape index (κ1) is 23.2. The topological polar surface area (TPSA) is 53.4 Å². The fourth-order valence-corrected chi connectivity index (χ4v) is 4.31. The number of aliphatic hydroxyl groups excluding tert-OH is 1. The van der Waals surface area contributed by atoms with E-state index in [4.69, 9.17) is 11.6 Å². The van der Waals surface area contributed by atoms with Crippen LogP contribution in [0.4, 0.5) is 0 Å². The average Bonchev–Trinajstić information content (AvgIpc) is 2.80. The molecule has 3 nitrogen and oxygen atoms in total. The van der Waals surface area contributed by atoms with E-state index < -0.39 is 5.60 Å². The van der Waals surface area contributed by atoms with Gasteiger partial charge in [-0.05, 0) is 66.8 Å². The van der Waals surface area contributed by atoms with E-state index in [1.54, 1.807) is 13.8 Å². The van der Waals surface area contributed by atoms with Gasteiger partial charge in [0.15, 0.2) is 0 Å². The van der Waals surface area contributed by atoms with Crippen molar-refractivity contribution >= 4 is 34.7 Å². The average molecular weight is 458 g/mol. The van der Waals surface area contributed by atoms with Crippen molar-refractivity contribution in [2.45, 2.75) is 31.8 Å². The van der Waals surface area contributed by atoms with Crippen molar-refractivity contribution in [2.75, 3.05) is 6.61 Å². The van der Waals surface area contributed by atoms with Crippen LogP contribution in [0.5, 0.6) is 0 Å². The first-order valence-corrected chi connectivity index (χ1v) is 11.5. The largest absolute Gasteiger partial charge is 0.396 e. The van der Waals surface area contributed by atoms with E-state index in [-0.39, 0.29) is 12.5 Å². The second kappa shape index (κ2) is 9.88. The summed E-state index contributed by atoms with van der Waals surface area (Å²) >= 11 is 6.11. The standard InChI is InChI=1S/C29H28ClNO2/c1-29(2,33)27-9-4-3-7-23(27)17-24(19-32)22-8-5-6-20(16-22)10-14-26-15-12-21-11-13-25(30)18-28(21)31-26/h3-16,18,24,32-33H,17,19H2,1-2H3/t24-/m1/s1. The molecule has 0 aliphatic carbocycles. The van der Waals surface area contributed by atoms with Crippen LogP contribution in [0.1, 0.15) is 47.7 Å². The van der Waals surface area contributed by atoms with Gasteiger partial charge < -0.3 is 10.2 Å². The van der Waals surface area contributed by atoms with E-state index in [1.807, 2.05) is 84.9 Å². The van der Waals surface area contributed by atoms with E-state index in [0.717, 1.165) is 38.9 Å². The van der Waals surface area contributed by atoms with E-state index in [9.17, 15) is 10.2 Å². The summed E-state index contributed by atoms with van der Waals surface area (Å²) in [6.07, 6.45) is 4.66. The molecule has 2 N–H and O–H groups in total. The predicted molar refractivity (Wildman–Crippen MR) is 137 cm³/mol. The van der Waals surface area contributed by atoms with Crippen molar-refractivity contribution in [3.8, 4) is 0 Å². The van der Waals surface area contributed by atoms with Crippen molar-refractivity contribution in [2.24, 2.45) is 0 Å². The molecule has 0 saturated carbocycles. The number of hydrogen-bond acceptors (Lipinski definition) is 3. The summed E-state index contributed by atoms with van der Waals surface area (Å²) in [6, 6.07) is 25.8. The monoisotopic (exact) mass is 457 g/mol. The minimum absolute atomic E-state index is 0.0281. The number of halogens is 1. The molecule has 0 spiro atoms. The zero-order chi connectivity index (χ0) is 23.4. The van der Waals surface area contributed by atoms with Crippen LogP contribution in [0.25, 0.3) is 23.1 Å². The molecule has 33 heavy (non-hydrogen) atoms. The second-order valence-corrected chi connectivity index (χ2v) is 9.31. The molecule has 4 rings (SSSR count). The highest BCUT2D eigenvalue weighted by atomic mass is 35.5. The van der Waals surface area contributed by atoms with Crippen molar-refractivity contribution < 1.29 is 10.2 Å². The van der Waals surface area contributed by atoms with Gasteiger partial charge in [0.2, 0.25) is 0 Å². The Balaban J connectivity index is 1.57. The summed E-state index contributed by atoms with van der Waals surface area (Å²) in [5.74, 6) is -0.0669. The van der Waals surface area contributed by atoms with Crippen LogP contribution in [-0.2, 0) is 12.0 Å². The third-order valence-corrected chi connectivity index (χ3v) is 6.10. The van der Waals surface area contributed by atoms with E-state index in [2.05, 4.69) is 11.1 Å². The minimum atomic E-state index is -0.932. The Labute approximate surface area is 200 Å². The van der Waals surface area contributed by atoms with Gasteiger partial charge in [0.25, 0.3) is 0 Å². The molecule has 1 heterocycles. The molecule has 4 aromatic rings. The van der Waals surface area contributed by atoms with Gasteiger partial charge >= 0.3 is 0 Å². The summed E-state index contributed by atoms with van der Waals surface area (Å²) in [5, 5.41) is 22.4. The van der Waals surface area contributed by atoms with Gasteiger partial charge in [-0.2, -0.15) is 0 Å². The van der Waals surface area contributed by atoms with Crippen molar-refractivity contribution in [1.82, 2.24) is 4.98 Å². The maximum Gasteiger partial charge on any atom is 0.0843 e. The Kier molecular flexibility index (Phi) is 6.94. The van der Waals surface area contributed by atoms with Crippen molar-refractivity contribution in [1.29, 1.82) is 0 Å². The van der Waals surface area contributed by atoms with Gasteiger partial charge in [-0.25, -0.2) is 4.98 Å². The molecule has 0 saturated heterocycles. The highest BCUT2D eigenvalue weighted by Crippen LogP contribution is 2.29. The van der Waals surface area contributed by atoms with Gasteiger partial charge in [-0.1, -0.05) is 78.3 Å². The molecule has 4 heteroatoms. The maximum absolute atomic E-state index is 10.5. The van der Waals surface area contributed by atoms with Crippen molar-refractivity contribution in [3.63, 3.8) is 0 Å². The highest BCUT2D eigenvalue weighted by Gasteiger charge is 2.22. The van der Waals surface area contributed by atoms with Crippen LogP contribution in [0, 0.1) is 0 Å². The van der Waals surface area contributed by atoms with Crippen LogP contribution < -0.4 is 0 Å². The first-order chi connectivity index (χ1) is 15.8. The number of hydrogen-bond donors (Lipinski definition) is 2. The van der Waals surface area contributed by atoms with E-state index in [1.165, 1.54) is 0 Å². The number of pyridine rings is 1. The summed E-state index contributed by atoms with van der Waals surface area (Å²) in [6.45, 7) is 3.61. The lowest BCUT2D eigenvalue weighted by atomic mass is 9.85. The lowest BCUT2D eigenvalue weighted by molar-refractivity contribution is 0.0774. The van der Waals surface area contributed by atoms with Crippen LogP contribution >= 0.6 is 11.6 Å². The minimum Gasteiger partial charge on any atom is -0.396 e. The fourth-order valence-electron chi connectivity index (χ4n) is 4.15. The predicted octanol–water partition coefficient (Wildman–Crippen LogP) is 6.60. The van der Waals surface area contributed by atoms with Crippen LogP contribution in [0.3, 0.4) is 0 Å². The zero-order valence-electron chi connectivity index (χ0n) is 18.9. The number of rotatable bonds is 7. The number of fused-ring (bicyclic) bond motifs is 1. The molecular weight excluding hydrogens is 430 g/mol. The fraction of sp³-hybridized carbons (Fsp3) is 0.207. The number of benzene rings is 3. The quantitative estimate of drug-likeness (QED) is 0.328. The van der Waals surface area contributed by atoms with Crippen LogP contribution in [0.2, 0.25) is 5.02 Å². The van der Waals surface area contributed by atoms with Crippen molar-refractivity contribution in [3.05, 3.63) is 112 Å². The highest BCUT2D eigenvalue weighted by molar-refractivity contribution is 6.31. The molecule has 1 atom stereocenters. The Morgan fingerprint density at radius 3 is 2.52 bits per heavy atom. The molecule has 0 unspecified atom stereocenters. The molecule has 3 aromatic carbocycles. The van der Waals surface area contributed by atoms with Gasteiger partial charge in [-0.15, -0.1) is 0 Å². The Morgan fingerprint density at radius 1 is 0.939 bits per heavy atom. The SMILES string of the molecule is CC(C)(O)c1ccccc1C[C@H](CO)c1cccc(C=Cc2ccc3ccc(Cl)cc3n2)c1. The Bertz CT molecular complexity index is 1290. The second-order valence-electron chi connectivity index (χ2n) is 8.88. The summed E-state index contributed by atoms with van der Waals surface area (Å²) in [4.78, 5) is 4.68. The summed E-state index contributed by atoms with van der Waals surface area (Å²) < 4.78 is 0. The van der Waals surface area contributed by atoms with E-state index in [0.29, 0.717) is 11.4 Å². The number of nitrogens with zero attached hydrogens (tertiary/aromatic N) is 1. The molecule has 0 fully saturated rings. The smallest absolute Gasteiger partial charge is 0.0843 e. The van der Waals surface area contributed by atoms with E-state index >= 15 is 0 Å². The Hall–Kier alpha value is -2.98. The normalized spacial score (nSPS) is 13.0. The van der Waals surface area contributed by atoms with Gasteiger partial charge in [0.1, 0.15) is 0 Å². The third-order valence-electron chi connectivity index (χ3n) is 5.87. The number of aliphatic hydroxyl groups is 2. The molecule has 1 aromatic heterocycles. The van der Waals surface area contributed by atoms with Gasteiger partial charge in [0.05, 0.1) is 23.4 Å². The molecule has 0 radical (unpaired) electrons.